The van der Waals surface area contributed by atoms with Gasteiger partial charge in [-0.25, -0.2) is 9.97 Å². The first-order valence-corrected chi connectivity index (χ1v) is 10.7. The van der Waals surface area contributed by atoms with Crippen molar-refractivity contribution in [3.8, 4) is 0 Å². The fraction of sp³-hybridized carbons (Fsp3) is 0.250. The Morgan fingerprint density at radius 2 is 1.81 bits per heavy atom. The highest BCUT2D eigenvalue weighted by Gasteiger charge is 2.23. The van der Waals surface area contributed by atoms with Crippen molar-refractivity contribution in [3.05, 3.63) is 59.7 Å². The summed E-state index contributed by atoms with van der Waals surface area (Å²) in [6, 6.07) is 15.5. The van der Waals surface area contributed by atoms with Crippen molar-refractivity contribution in [1.29, 1.82) is 0 Å². The molecule has 8 nitrogen and oxygen atoms in total. The number of benzene rings is 2. The summed E-state index contributed by atoms with van der Waals surface area (Å²) < 4.78 is 1.49. The maximum absolute atomic E-state index is 13.0. The molecule has 0 saturated carbocycles. The molecule has 4 rings (SSSR count). The zero-order valence-corrected chi connectivity index (χ0v) is 18.5. The predicted molar refractivity (Wildman–Crippen MR) is 130 cm³/mol. The summed E-state index contributed by atoms with van der Waals surface area (Å²) in [5, 5.41) is 7.48. The molecule has 0 radical (unpaired) electrons. The van der Waals surface area contributed by atoms with E-state index in [1.54, 1.807) is 6.21 Å². The van der Waals surface area contributed by atoms with Gasteiger partial charge in [-0.3, -0.25) is 4.79 Å². The smallest absolute Gasteiger partial charge is 0.257 e. The van der Waals surface area contributed by atoms with E-state index in [1.165, 1.54) is 4.68 Å². The minimum atomic E-state index is -0.269. The molecule has 0 bridgehead atoms. The van der Waals surface area contributed by atoms with Crippen molar-refractivity contribution in [2.75, 3.05) is 31.3 Å². The summed E-state index contributed by atoms with van der Waals surface area (Å²) in [7, 11) is 3.98. The summed E-state index contributed by atoms with van der Waals surface area (Å²) in [4.78, 5) is 24.4. The van der Waals surface area contributed by atoms with E-state index in [0.29, 0.717) is 34.3 Å². The second-order valence-corrected chi connectivity index (χ2v) is 7.80. The van der Waals surface area contributed by atoms with Crippen LogP contribution in [0.4, 0.5) is 11.5 Å². The summed E-state index contributed by atoms with van der Waals surface area (Å²) in [5.74, 6) is -0.0553. The fourth-order valence-corrected chi connectivity index (χ4v) is 3.44. The standard InChI is InChI=1S/C24H27N7O/c1-4-5-14-26-24(32)20-21-23(29-19-9-7-6-8-18(19)28-21)31(22(20)25)27-15-16-10-12-17(13-11-16)30(2)3/h6-13,15H,4-5,14,25H2,1-3H3,(H,26,32). The molecule has 0 spiro atoms. The Morgan fingerprint density at radius 1 is 1.12 bits per heavy atom. The van der Waals surface area contributed by atoms with Crippen molar-refractivity contribution in [1.82, 2.24) is 20.0 Å². The second-order valence-electron chi connectivity index (χ2n) is 7.80. The van der Waals surface area contributed by atoms with E-state index in [0.717, 1.165) is 24.1 Å². The highest BCUT2D eigenvalue weighted by atomic mass is 16.1. The number of carbonyl (C=O) groups is 1. The maximum atomic E-state index is 13.0. The number of nitrogens with one attached hydrogen (secondary N) is 1. The van der Waals surface area contributed by atoms with Crippen molar-refractivity contribution < 1.29 is 4.79 Å². The number of hydrogen-bond donors (Lipinski definition) is 2. The van der Waals surface area contributed by atoms with E-state index in [2.05, 4.69) is 17.3 Å². The number of rotatable bonds is 7. The van der Waals surface area contributed by atoms with Crippen molar-refractivity contribution in [2.45, 2.75) is 19.8 Å². The van der Waals surface area contributed by atoms with Crippen LogP contribution in [0.5, 0.6) is 0 Å². The topological polar surface area (TPSA) is 101 Å². The number of anilines is 2. The molecular weight excluding hydrogens is 402 g/mol. The fourth-order valence-electron chi connectivity index (χ4n) is 3.44. The van der Waals surface area contributed by atoms with Crippen LogP contribution in [0.1, 0.15) is 35.7 Å². The van der Waals surface area contributed by atoms with Gasteiger partial charge in [-0.15, -0.1) is 0 Å². The molecule has 0 fully saturated rings. The number of hydrogen-bond acceptors (Lipinski definition) is 6. The lowest BCUT2D eigenvalue weighted by molar-refractivity contribution is 0.0955. The van der Waals surface area contributed by atoms with E-state index in [9.17, 15) is 4.79 Å². The summed E-state index contributed by atoms with van der Waals surface area (Å²) in [6.07, 6.45) is 3.57. The molecule has 2 aromatic heterocycles. The first-order valence-electron chi connectivity index (χ1n) is 10.7. The van der Waals surface area contributed by atoms with Crippen molar-refractivity contribution in [3.63, 3.8) is 0 Å². The van der Waals surface area contributed by atoms with Gasteiger partial charge in [0.15, 0.2) is 5.65 Å². The normalized spacial score (nSPS) is 11.5. The molecule has 1 amide bonds. The molecule has 2 heterocycles. The lowest BCUT2D eigenvalue weighted by Gasteiger charge is -2.11. The molecule has 4 aromatic rings. The zero-order valence-electron chi connectivity index (χ0n) is 18.5. The monoisotopic (exact) mass is 429 g/mol. The van der Waals surface area contributed by atoms with Crippen molar-refractivity contribution >= 4 is 45.8 Å². The Balaban J connectivity index is 1.80. The maximum Gasteiger partial charge on any atom is 0.257 e. The Labute approximate surface area is 186 Å². The number of carbonyl (C=O) groups excluding carboxylic acids is 1. The molecule has 32 heavy (non-hydrogen) atoms. The van der Waals surface area contributed by atoms with Crippen molar-refractivity contribution in [2.24, 2.45) is 5.10 Å². The third-order valence-corrected chi connectivity index (χ3v) is 5.25. The largest absolute Gasteiger partial charge is 0.383 e. The van der Waals surface area contributed by atoms with E-state index in [-0.39, 0.29) is 11.7 Å². The van der Waals surface area contributed by atoms with Gasteiger partial charge in [-0.1, -0.05) is 37.6 Å². The number of fused-ring (bicyclic) bond motifs is 2. The Hall–Kier alpha value is -3.94. The van der Waals surface area contributed by atoms with Gasteiger partial charge in [0.05, 0.1) is 17.2 Å². The van der Waals surface area contributed by atoms with Gasteiger partial charge >= 0.3 is 0 Å². The van der Waals surface area contributed by atoms with Gasteiger partial charge in [-0.2, -0.15) is 9.78 Å². The first-order chi connectivity index (χ1) is 15.5. The first kappa shape index (κ1) is 21.3. The third kappa shape index (κ3) is 4.12. The molecule has 164 valence electrons. The summed E-state index contributed by atoms with van der Waals surface area (Å²) in [5.41, 5.74) is 11.0. The van der Waals surface area contributed by atoms with E-state index >= 15 is 0 Å². The van der Waals surface area contributed by atoms with Gasteiger partial charge < -0.3 is 16.0 Å². The lowest BCUT2D eigenvalue weighted by Crippen LogP contribution is -2.25. The van der Waals surface area contributed by atoms with Crippen LogP contribution < -0.4 is 16.0 Å². The lowest BCUT2D eigenvalue weighted by atomic mass is 10.2. The molecule has 0 saturated heterocycles. The molecule has 3 N–H and O–H groups in total. The molecule has 2 aromatic carbocycles. The van der Waals surface area contributed by atoms with E-state index in [1.807, 2.05) is 67.5 Å². The SMILES string of the molecule is CCCCNC(=O)c1c(N)n(N=Cc2ccc(N(C)C)cc2)c2nc3ccccc3nc12. The van der Waals surface area contributed by atoms with Gasteiger partial charge in [0.1, 0.15) is 16.9 Å². The van der Waals surface area contributed by atoms with Crippen LogP contribution in [0.2, 0.25) is 0 Å². The average molecular weight is 430 g/mol. The third-order valence-electron chi connectivity index (χ3n) is 5.25. The molecule has 0 aliphatic heterocycles. The van der Waals surface area contributed by atoms with Gasteiger partial charge in [0.25, 0.3) is 5.91 Å². The van der Waals surface area contributed by atoms with Crippen LogP contribution in [-0.2, 0) is 0 Å². The van der Waals surface area contributed by atoms with Gasteiger partial charge in [0, 0.05) is 26.3 Å². The number of unbranched alkanes of at least 4 members (excludes halogenated alkanes) is 1. The summed E-state index contributed by atoms with van der Waals surface area (Å²) in [6.45, 7) is 2.65. The Bertz CT molecular complexity index is 1290. The average Bonchev–Trinajstić information content (AvgIpc) is 3.06. The second kappa shape index (κ2) is 9.05. The van der Waals surface area contributed by atoms with Gasteiger partial charge in [-0.05, 0) is 36.2 Å². The van der Waals surface area contributed by atoms with E-state index < -0.39 is 0 Å². The van der Waals surface area contributed by atoms with Crippen LogP contribution in [0.15, 0.2) is 53.6 Å². The molecule has 0 aliphatic rings. The molecule has 0 unspecified atom stereocenters. The zero-order chi connectivity index (χ0) is 22.7. The quantitative estimate of drug-likeness (QED) is 0.345. The van der Waals surface area contributed by atoms with Crippen LogP contribution in [0, 0.1) is 0 Å². The Kier molecular flexibility index (Phi) is 6.02. The molecule has 0 atom stereocenters. The molecule has 0 aliphatic carbocycles. The number of nitrogens with two attached hydrogens (primary N) is 1. The van der Waals surface area contributed by atoms with Gasteiger partial charge in [0.2, 0.25) is 0 Å². The minimum Gasteiger partial charge on any atom is -0.383 e. The minimum absolute atomic E-state index is 0.213. The number of nitrogen functional groups attached to an aromatic ring is 1. The van der Waals surface area contributed by atoms with Crippen LogP contribution >= 0.6 is 0 Å². The number of para-hydroxylation sites is 2. The number of nitrogens with zero attached hydrogens (tertiary/aromatic N) is 5. The number of aromatic nitrogens is 3. The van der Waals surface area contributed by atoms with Crippen LogP contribution in [-0.4, -0.2) is 47.4 Å². The van der Waals surface area contributed by atoms with Crippen LogP contribution in [0.3, 0.4) is 0 Å². The Morgan fingerprint density at radius 3 is 2.47 bits per heavy atom. The highest BCUT2D eigenvalue weighted by Crippen LogP contribution is 2.27. The number of amides is 1. The summed E-state index contributed by atoms with van der Waals surface area (Å²) >= 11 is 0. The van der Waals surface area contributed by atoms with Crippen LogP contribution in [0.25, 0.3) is 22.2 Å². The highest BCUT2D eigenvalue weighted by molar-refractivity contribution is 6.10. The van der Waals surface area contributed by atoms with E-state index in [4.69, 9.17) is 15.7 Å². The molecular formula is C24H27N7O. The molecule has 8 heteroatoms. The predicted octanol–water partition coefficient (Wildman–Crippen LogP) is 3.64.